The molecular weight excluding hydrogens is 404 g/mol. The molecule has 3 aromatic rings. The van der Waals surface area contributed by atoms with Crippen molar-refractivity contribution in [1.29, 1.82) is 0 Å². The van der Waals surface area contributed by atoms with E-state index in [0.29, 0.717) is 23.8 Å². The molecule has 0 radical (unpaired) electrons. The molecule has 8 nitrogen and oxygen atoms in total. The number of carbonyl (C=O) groups is 1. The molecule has 2 aromatic carbocycles. The number of aromatic nitrogens is 2. The number of rotatable bonds is 9. The monoisotopic (exact) mass is 428 g/mol. The molecule has 0 spiro atoms. The van der Waals surface area contributed by atoms with Gasteiger partial charge >= 0.3 is 0 Å². The normalized spacial score (nSPS) is 11.3. The zero-order chi connectivity index (χ0) is 21.6. The number of carbonyl (C=O) groups excluding carboxylic acids is 1. The van der Waals surface area contributed by atoms with Crippen LogP contribution < -0.4 is 9.62 Å². The molecule has 0 aliphatic rings. The van der Waals surface area contributed by atoms with E-state index in [2.05, 4.69) is 15.5 Å². The highest BCUT2D eigenvalue weighted by Gasteiger charge is 2.17. The molecule has 0 unspecified atom stereocenters. The van der Waals surface area contributed by atoms with E-state index in [-0.39, 0.29) is 25.4 Å². The van der Waals surface area contributed by atoms with Gasteiger partial charge in [-0.15, -0.1) is 0 Å². The van der Waals surface area contributed by atoms with Crippen molar-refractivity contribution >= 4 is 21.6 Å². The van der Waals surface area contributed by atoms with Gasteiger partial charge in [0.25, 0.3) is 0 Å². The van der Waals surface area contributed by atoms with E-state index in [9.17, 15) is 13.2 Å². The Balaban J connectivity index is 1.48. The zero-order valence-electron chi connectivity index (χ0n) is 16.9. The van der Waals surface area contributed by atoms with Crippen molar-refractivity contribution in [3.05, 3.63) is 66.1 Å². The lowest BCUT2D eigenvalue weighted by Crippen LogP contribution is -2.32. The summed E-state index contributed by atoms with van der Waals surface area (Å²) in [7, 11) is -3.43. The summed E-state index contributed by atoms with van der Waals surface area (Å²) >= 11 is 0. The predicted octanol–water partition coefficient (Wildman–Crippen LogP) is 2.91. The number of anilines is 1. The molecule has 0 aliphatic carbocycles. The van der Waals surface area contributed by atoms with Gasteiger partial charge in [0.05, 0.1) is 18.5 Å². The summed E-state index contributed by atoms with van der Waals surface area (Å²) in [6, 6.07) is 16.5. The molecule has 1 N–H and O–H groups in total. The molecule has 0 aliphatic heterocycles. The highest BCUT2D eigenvalue weighted by atomic mass is 32.2. The molecular formula is C21H24N4O4S. The van der Waals surface area contributed by atoms with Crippen LogP contribution in [0.1, 0.15) is 24.3 Å². The maximum Gasteiger partial charge on any atom is 0.246 e. The summed E-state index contributed by atoms with van der Waals surface area (Å²) in [6.07, 6.45) is 1.71. The van der Waals surface area contributed by atoms with Crippen molar-refractivity contribution in [2.45, 2.75) is 26.3 Å². The van der Waals surface area contributed by atoms with Gasteiger partial charge in [-0.25, -0.2) is 8.42 Å². The summed E-state index contributed by atoms with van der Waals surface area (Å²) in [5.41, 5.74) is 2.55. The van der Waals surface area contributed by atoms with E-state index < -0.39 is 10.0 Å². The molecule has 1 amide bonds. The molecule has 9 heteroatoms. The average molecular weight is 429 g/mol. The summed E-state index contributed by atoms with van der Waals surface area (Å²) in [4.78, 5) is 16.4. The summed E-state index contributed by atoms with van der Waals surface area (Å²) < 4.78 is 30.6. The number of sulfonamides is 1. The fourth-order valence-corrected chi connectivity index (χ4v) is 3.84. The Kier molecular flexibility index (Phi) is 6.83. The first-order chi connectivity index (χ1) is 14.3. The van der Waals surface area contributed by atoms with Gasteiger partial charge in [-0.05, 0) is 25.5 Å². The minimum absolute atomic E-state index is 0.117. The van der Waals surface area contributed by atoms with Crippen LogP contribution in [-0.2, 0) is 21.4 Å². The number of hydrogen-bond donors (Lipinski definition) is 1. The third-order valence-electron chi connectivity index (χ3n) is 4.42. The maximum absolute atomic E-state index is 12.1. The van der Waals surface area contributed by atoms with Gasteiger partial charge in [0.1, 0.15) is 0 Å². The number of hydrogen-bond acceptors (Lipinski definition) is 6. The van der Waals surface area contributed by atoms with E-state index in [1.807, 2.05) is 37.3 Å². The van der Waals surface area contributed by atoms with Crippen molar-refractivity contribution in [1.82, 2.24) is 15.5 Å². The first-order valence-electron chi connectivity index (χ1n) is 9.52. The fraction of sp³-hybridized carbons (Fsp3) is 0.286. The van der Waals surface area contributed by atoms with Crippen LogP contribution in [0, 0.1) is 6.92 Å². The van der Waals surface area contributed by atoms with Gasteiger partial charge in [0, 0.05) is 18.5 Å². The lowest BCUT2D eigenvalue weighted by molar-refractivity contribution is -0.121. The van der Waals surface area contributed by atoms with Crippen molar-refractivity contribution < 1.29 is 17.7 Å². The average Bonchev–Trinajstić information content (AvgIpc) is 3.19. The Morgan fingerprint density at radius 3 is 2.47 bits per heavy atom. The van der Waals surface area contributed by atoms with Gasteiger partial charge < -0.3 is 9.84 Å². The highest BCUT2D eigenvalue weighted by Crippen LogP contribution is 2.18. The third-order valence-corrected chi connectivity index (χ3v) is 5.62. The molecule has 1 aromatic heterocycles. The highest BCUT2D eigenvalue weighted by molar-refractivity contribution is 7.92. The molecule has 0 bridgehead atoms. The smallest absolute Gasteiger partial charge is 0.246 e. The second-order valence-electron chi connectivity index (χ2n) is 6.93. The quantitative estimate of drug-likeness (QED) is 0.562. The van der Waals surface area contributed by atoms with Crippen LogP contribution in [0.2, 0.25) is 0 Å². The molecule has 0 fully saturated rings. The number of nitrogens with zero attached hydrogens (tertiary/aromatic N) is 3. The van der Waals surface area contributed by atoms with Crippen LogP contribution in [0.3, 0.4) is 0 Å². The van der Waals surface area contributed by atoms with E-state index in [4.69, 9.17) is 4.52 Å². The Morgan fingerprint density at radius 2 is 1.80 bits per heavy atom. The lowest BCUT2D eigenvalue weighted by Gasteiger charge is -2.22. The summed E-state index contributed by atoms with van der Waals surface area (Å²) in [6.45, 7) is 2.33. The Morgan fingerprint density at radius 1 is 1.10 bits per heavy atom. The van der Waals surface area contributed by atoms with Gasteiger partial charge in [-0.2, -0.15) is 4.98 Å². The van der Waals surface area contributed by atoms with E-state index >= 15 is 0 Å². The maximum atomic E-state index is 12.1. The third kappa shape index (κ3) is 5.90. The summed E-state index contributed by atoms with van der Waals surface area (Å²) in [5.74, 6) is 0.554. The van der Waals surface area contributed by atoms with Crippen LogP contribution in [0.5, 0.6) is 0 Å². The Bertz CT molecular complexity index is 1080. The van der Waals surface area contributed by atoms with Gasteiger partial charge in [0.15, 0.2) is 0 Å². The number of benzene rings is 2. The molecule has 158 valence electrons. The van der Waals surface area contributed by atoms with Crippen LogP contribution in [0.15, 0.2) is 59.1 Å². The van der Waals surface area contributed by atoms with E-state index in [1.54, 1.807) is 24.3 Å². The molecule has 0 atom stereocenters. The van der Waals surface area contributed by atoms with Crippen molar-refractivity contribution in [2.24, 2.45) is 0 Å². The lowest BCUT2D eigenvalue weighted by atomic mass is 10.1. The standard InChI is InChI=1S/C21H24N4O4S/c1-16-10-12-17(13-11-16)21-23-20(29-24-21)15-22-19(26)9-6-14-25(30(2,27)28)18-7-4-3-5-8-18/h3-5,7-8,10-13H,6,9,14-15H2,1-2H3,(H,22,26). The molecule has 1 heterocycles. The molecule has 30 heavy (non-hydrogen) atoms. The molecule has 3 rings (SSSR count). The van der Waals surface area contributed by atoms with Crippen LogP contribution in [0.4, 0.5) is 5.69 Å². The van der Waals surface area contributed by atoms with Gasteiger partial charge in [-0.1, -0.05) is 53.2 Å². The first-order valence-corrected chi connectivity index (χ1v) is 11.4. The van der Waals surface area contributed by atoms with Gasteiger partial charge in [0.2, 0.25) is 27.6 Å². The van der Waals surface area contributed by atoms with Crippen LogP contribution >= 0.6 is 0 Å². The Hall–Kier alpha value is -3.20. The first kappa shape index (κ1) is 21.5. The second-order valence-corrected chi connectivity index (χ2v) is 8.84. The Labute approximate surface area is 176 Å². The number of nitrogens with one attached hydrogen (secondary N) is 1. The summed E-state index contributed by atoms with van der Waals surface area (Å²) in [5, 5.41) is 6.65. The van der Waals surface area contributed by atoms with Gasteiger partial charge in [-0.3, -0.25) is 9.10 Å². The minimum Gasteiger partial charge on any atom is -0.347 e. The van der Waals surface area contributed by atoms with E-state index in [1.165, 1.54) is 4.31 Å². The topological polar surface area (TPSA) is 105 Å². The number of amides is 1. The van der Waals surface area contributed by atoms with Crippen LogP contribution in [0.25, 0.3) is 11.4 Å². The van der Waals surface area contributed by atoms with Crippen molar-refractivity contribution in [3.63, 3.8) is 0 Å². The second kappa shape index (κ2) is 9.53. The number of para-hydroxylation sites is 1. The minimum atomic E-state index is -3.43. The molecule has 0 saturated heterocycles. The zero-order valence-corrected chi connectivity index (χ0v) is 17.7. The molecule has 0 saturated carbocycles. The van der Waals surface area contributed by atoms with Crippen molar-refractivity contribution in [3.8, 4) is 11.4 Å². The number of aryl methyl sites for hydroxylation is 1. The largest absolute Gasteiger partial charge is 0.347 e. The fourth-order valence-electron chi connectivity index (χ4n) is 2.87. The van der Waals surface area contributed by atoms with E-state index in [0.717, 1.165) is 17.4 Å². The predicted molar refractivity (Wildman–Crippen MR) is 114 cm³/mol. The van der Waals surface area contributed by atoms with Crippen molar-refractivity contribution in [2.75, 3.05) is 17.1 Å². The SMILES string of the molecule is Cc1ccc(-c2noc(CNC(=O)CCCN(c3ccccc3)S(C)(=O)=O)n2)cc1. The van der Waals surface area contributed by atoms with Crippen LogP contribution in [-0.4, -0.2) is 37.3 Å².